The molecular weight excluding hydrogens is 230 g/mol. The Morgan fingerprint density at radius 1 is 1.56 bits per heavy atom. The number of carbonyl (C=O) groups excluding carboxylic acids is 1. The van der Waals surface area contributed by atoms with Crippen molar-refractivity contribution >= 4 is 17.7 Å². The number of nitrogens with zero attached hydrogens (tertiary/aromatic N) is 1. The van der Waals surface area contributed by atoms with E-state index in [4.69, 9.17) is 11.6 Å². The first-order valence-corrected chi connectivity index (χ1v) is 4.88. The molecule has 0 aliphatic rings. The van der Waals surface area contributed by atoms with Crippen LogP contribution in [0.4, 0.5) is 4.79 Å². The highest BCUT2D eigenvalue weighted by atomic mass is 35.5. The van der Waals surface area contributed by atoms with Crippen molar-refractivity contribution in [2.45, 2.75) is 6.42 Å². The number of amides is 1. The van der Waals surface area contributed by atoms with Crippen molar-refractivity contribution in [1.82, 2.24) is 15.8 Å². The molecule has 1 aromatic rings. The number of carbonyl (C=O) groups is 1. The zero-order valence-electron chi connectivity index (χ0n) is 8.79. The number of hydrogen-bond donors (Lipinski definition) is 2. The third-order valence-corrected chi connectivity index (χ3v) is 1.96. The molecule has 5 nitrogen and oxygen atoms in total. The molecule has 0 aromatic carbocycles. The summed E-state index contributed by atoms with van der Waals surface area (Å²) in [5.41, 5.74) is 6.48. The van der Waals surface area contributed by atoms with E-state index in [-0.39, 0.29) is 0 Å². The van der Waals surface area contributed by atoms with Gasteiger partial charge in [-0.15, -0.1) is 0 Å². The second kappa shape index (κ2) is 5.97. The molecular formula is C10H12ClN3O2. The van der Waals surface area contributed by atoms with Gasteiger partial charge in [-0.2, -0.15) is 0 Å². The SMILES string of the molecule is C=C(Cc1ccc(Cl)nc1)NNC(=O)OC. The molecule has 0 radical (unpaired) electrons. The molecule has 0 atom stereocenters. The van der Waals surface area contributed by atoms with Crippen molar-refractivity contribution in [2.24, 2.45) is 0 Å². The van der Waals surface area contributed by atoms with E-state index >= 15 is 0 Å². The zero-order valence-corrected chi connectivity index (χ0v) is 9.54. The molecule has 0 bridgehead atoms. The fourth-order valence-corrected chi connectivity index (χ4v) is 1.10. The summed E-state index contributed by atoms with van der Waals surface area (Å²) >= 11 is 5.65. The third kappa shape index (κ3) is 4.18. The van der Waals surface area contributed by atoms with Crippen LogP contribution in [-0.4, -0.2) is 18.2 Å². The van der Waals surface area contributed by atoms with Gasteiger partial charge >= 0.3 is 6.09 Å². The summed E-state index contributed by atoms with van der Waals surface area (Å²) in [7, 11) is 1.28. The predicted octanol–water partition coefficient (Wildman–Crippen LogP) is 1.65. The first-order chi connectivity index (χ1) is 7.61. The van der Waals surface area contributed by atoms with Gasteiger partial charge in [0.25, 0.3) is 0 Å². The Kier molecular flexibility index (Phi) is 4.60. The number of hydrazine groups is 1. The van der Waals surface area contributed by atoms with Gasteiger partial charge in [-0.05, 0) is 11.6 Å². The number of hydrogen-bond acceptors (Lipinski definition) is 4. The third-order valence-electron chi connectivity index (χ3n) is 1.73. The van der Waals surface area contributed by atoms with E-state index in [0.29, 0.717) is 17.3 Å². The molecule has 86 valence electrons. The molecule has 0 aliphatic carbocycles. The maximum absolute atomic E-state index is 10.7. The molecule has 0 unspecified atom stereocenters. The van der Waals surface area contributed by atoms with Crippen LogP contribution in [0.2, 0.25) is 5.15 Å². The van der Waals surface area contributed by atoms with E-state index in [9.17, 15) is 4.79 Å². The molecule has 0 spiro atoms. The topological polar surface area (TPSA) is 63.2 Å². The molecule has 1 rings (SSSR count). The van der Waals surface area contributed by atoms with Crippen LogP contribution in [0.3, 0.4) is 0 Å². The van der Waals surface area contributed by atoms with Gasteiger partial charge in [0.15, 0.2) is 0 Å². The van der Waals surface area contributed by atoms with Crippen molar-refractivity contribution in [3.8, 4) is 0 Å². The summed E-state index contributed by atoms with van der Waals surface area (Å²) in [6.45, 7) is 3.74. The van der Waals surface area contributed by atoms with Gasteiger partial charge in [0.2, 0.25) is 0 Å². The van der Waals surface area contributed by atoms with Crippen molar-refractivity contribution in [2.75, 3.05) is 7.11 Å². The van der Waals surface area contributed by atoms with Gasteiger partial charge in [0.05, 0.1) is 7.11 Å². The van der Waals surface area contributed by atoms with Crippen LogP contribution in [-0.2, 0) is 11.2 Å². The van der Waals surface area contributed by atoms with Crippen molar-refractivity contribution in [3.05, 3.63) is 41.3 Å². The minimum absolute atomic E-state index is 0.440. The molecule has 0 saturated carbocycles. The van der Waals surface area contributed by atoms with E-state index in [1.807, 2.05) is 6.07 Å². The summed E-state index contributed by atoms with van der Waals surface area (Å²) in [5, 5.41) is 0.440. The molecule has 1 aromatic heterocycles. The van der Waals surface area contributed by atoms with E-state index in [0.717, 1.165) is 5.56 Å². The number of methoxy groups -OCH3 is 1. The number of allylic oxidation sites excluding steroid dienone is 1. The molecule has 0 fully saturated rings. The maximum Gasteiger partial charge on any atom is 0.425 e. The summed E-state index contributed by atoms with van der Waals surface area (Å²) in [4.78, 5) is 14.7. The highest BCUT2D eigenvalue weighted by Crippen LogP contribution is 2.07. The molecule has 0 saturated heterocycles. The Labute approximate surface area is 98.4 Å². The lowest BCUT2D eigenvalue weighted by Gasteiger charge is -2.09. The van der Waals surface area contributed by atoms with E-state index in [1.165, 1.54) is 7.11 Å². The summed E-state index contributed by atoms with van der Waals surface area (Å²) in [5.74, 6) is 0. The second-order valence-electron chi connectivity index (χ2n) is 3.01. The highest BCUT2D eigenvalue weighted by molar-refractivity contribution is 6.29. The average molecular weight is 242 g/mol. The van der Waals surface area contributed by atoms with Gasteiger partial charge in [0.1, 0.15) is 5.15 Å². The Morgan fingerprint density at radius 2 is 2.31 bits per heavy atom. The van der Waals surface area contributed by atoms with Crippen molar-refractivity contribution < 1.29 is 9.53 Å². The highest BCUT2D eigenvalue weighted by Gasteiger charge is 2.00. The lowest BCUT2D eigenvalue weighted by Crippen LogP contribution is -2.36. The summed E-state index contributed by atoms with van der Waals surface area (Å²) < 4.78 is 4.38. The molecule has 1 heterocycles. The largest absolute Gasteiger partial charge is 0.452 e. The lowest BCUT2D eigenvalue weighted by molar-refractivity contribution is 0.167. The predicted molar refractivity (Wildman–Crippen MR) is 60.8 cm³/mol. The monoisotopic (exact) mass is 241 g/mol. The molecule has 6 heteroatoms. The van der Waals surface area contributed by atoms with Crippen LogP contribution in [0.1, 0.15) is 5.56 Å². The smallest absolute Gasteiger partial charge is 0.425 e. The molecule has 16 heavy (non-hydrogen) atoms. The maximum atomic E-state index is 10.7. The number of halogens is 1. The number of nitrogens with one attached hydrogen (secondary N) is 2. The summed E-state index contributed by atoms with van der Waals surface area (Å²) in [6, 6.07) is 3.53. The number of ether oxygens (including phenoxy) is 1. The quantitative estimate of drug-likeness (QED) is 0.622. The van der Waals surface area contributed by atoms with Crippen LogP contribution in [0.25, 0.3) is 0 Å². The van der Waals surface area contributed by atoms with E-state index < -0.39 is 6.09 Å². The molecule has 2 N–H and O–H groups in total. The van der Waals surface area contributed by atoms with Gasteiger partial charge in [-0.25, -0.2) is 15.2 Å². The van der Waals surface area contributed by atoms with Gasteiger partial charge in [-0.3, -0.25) is 0 Å². The Hall–Kier alpha value is -1.75. The zero-order chi connectivity index (χ0) is 12.0. The first kappa shape index (κ1) is 12.3. The van der Waals surface area contributed by atoms with Crippen molar-refractivity contribution in [1.29, 1.82) is 0 Å². The van der Waals surface area contributed by atoms with Gasteiger partial charge in [-0.1, -0.05) is 24.2 Å². The van der Waals surface area contributed by atoms with Crippen LogP contribution >= 0.6 is 11.6 Å². The fraction of sp³-hybridized carbons (Fsp3) is 0.200. The first-order valence-electron chi connectivity index (χ1n) is 4.50. The van der Waals surface area contributed by atoms with Crippen LogP contribution < -0.4 is 10.9 Å². The second-order valence-corrected chi connectivity index (χ2v) is 3.40. The van der Waals surface area contributed by atoms with E-state index in [1.54, 1.807) is 12.3 Å². The van der Waals surface area contributed by atoms with Gasteiger partial charge < -0.3 is 10.2 Å². The van der Waals surface area contributed by atoms with Crippen LogP contribution in [0, 0.1) is 0 Å². The standard InChI is InChI=1S/C10H12ClN3O2/c1-7(13-14-10(15)16-2)5-8-3-4-9(11)12-6-8/h3-4,6,13H,1,5H2,2H3,(H,14,15). The lowest BCUT2D eigenvalue weighted by atomic mass is 10.2. The Morgan fingerprint density at radius 3 is 2.88 bits per heavy atom. The summed E-state index contributed by atoms with van der Waals surface area (Å²) in [6.07, 6.45) is 1.61. The average Bonchev–Trinajstić information content (AvgIpc) is 2.29. The van der Waals surface area contributed by atoms with Gasteiger partial charge in [0, 0.05) is 18.3 Å². The Bertz CT molecular complexity index is 378. The number of aromatic nitrogens is 1. The number of pyridine rings is 1. The minimum Gasteiger partial charge on any atom is -0.452 e. The van der Waals surface area contributed by atoms with Crippen molar-refractivity contribution in [3.63, 3.8) is 0 Å². The molecule has 1 amide bonds. The van der Waals surface area contributed by atoms with E-state index in [2.05, 4.69) is 27.2 Å². The number of rotatable bonds is 4. The Balaban J connectivity index is 2.40. The van der Waals surface area contributed by atoms with Crippen LogP contribution in [0.15, 0.2) is 30.6 Å². The molecule has 0 aliphatic heterocycles. The van der Waals surface area contributed by atoms with Crippen LogP contribution in [0.5, 0.6) is 0 Å². The normalized spacial score (nSPS) is 9.38. The minimum atomic E-state index is -0.574. The fourth-order valence-electron chi connectivity index (χ4n) is 0.992.